The van der Waals surface area contributed by atoms with Crippen LogP contribution in [0.1, 0.15) is 74.7 Å². The monoisotopic (exact) mass is 413 g/mol. The first kappa shape index (κ1) is 20.0. The molecule has 1 saturated heterocycles. The fourth-order valence-electron chi connectivity index (χ4n) is 5.24. The topological polar surface area (TPSA) is 49.8 Å². The number of rotatable bonds is 5. The molecule has 3 aliphatic carbocycles. The van der Waals surface area contributed by atoms with Crippen LogP contribution in [0.25, 0.3) is 0 Å². The van der Waals surface area contributed by atoms with Gasteiger partial charge < -0.3 is 14.7 Å². The van der Waals surface area contributed by atoms with Crippen molar-refractivity contribution in [3.63, 3.8) is 0 Å². The molecule has 5 heteroatoms. The van der Waals surface area contributed by atoms with E-state index in [1.165, 1.54) is 12.5 Å². The first-order chi connectivity index (χ1) is 14.3. The number of carbonyl (C=O) groups excluding carboxylic acids is 1. The third-order valence-corrected chi connectivity index (χ3v) is 7.87. The third kappa shape index (κ3) is 3.55. The summed E-state index contributed by atoms with van der Waals surface area (Å²) in [6.07, 6.45) is 7.29. The van der Waals surface area contributed by atoms with Gasteiger partial charge in [0.25, 0.3) is 5.91 Å². The van der Waals surface area contributed by atoms with Crippen LogP contribution in [0.3, 0.4) is 0 Å². The van der Waals surface area contributed by atoms with Crippen molar-refractivity contribution in [1.29, 1.82) is 0 Å². The summed E-state index contributed by atoms with van der Waals surface area (Å²) in [5, 5.41) is 10.1. The first-order valence-corrected chi connectivity index (χ1v) is 11.4. The number of hydrogen-bond donors (Lipinski definition) is 1. The summed E-state index contributed by atoms with van der Waals surface area (Å²) in [5.41, 5.74) is 2.75. The lowest BCUT2D eigenvalue weighted by atomic mass is 9.79. The molecule has 1 aromatic carbocycles. The minimum atomic E-state index is -0.560. The Hall–Kier alpha value is -1.88. The Morgan fingerprint density at radius 3 is 2.70 bits per heavy atom. The Labute approximate surface area is 178 Å². The van der Waals surface area contributed by atoms with Gasteiger partial charge in [0.15, 0.2) is 0 Å². The van der Waals surface area contributed by atoms with Gasteiger partial charge in [0, 0.05) is 30.0 Å². The Morgan fingerprint density at radius 1 is 1.30 bits per heavy atom. The molecule has 30 heavy (non-hydrogen) atoms. The van der Waals surface area contributed by atoms with Crippen LogP contribution in [0.4, 0.5) is 4.39 Å². The van der Waals surface area contributed by atoms with Crippen molar-refractivity contribution in [1.82, 2.24) is 4.90 Å². The molecule has 0 spiro atoms. The zero-order valence-electron chi connectivity index (χ0n) is 18.2. The number of amides is 1. The molecule has 4 nitrogen and oxygen atoms in total. The lowest BCUT2D eigenvalue weighted by molar-refractivity contribution is 0.0719. The minimum absolute atomic E-state index is 0.0141. The van der Waals surface area contributed by atoms with E-state index in [-0.39, 0.29) is 35.4 Å². The molecule has 1 aliphatic heterocycles. The van der Waals surface area contributed by atoms with Gasteiger partial charge in [0.1, 0.15) is 11.6 Å². The second-order valence-electron chi connectivity index (χ2n) is 10.5. The molecule has 2 saturated carbocycles. The van der Waals surface area contributed by atoms with Gasteiger partial charge in [-0.2, -0.15) is 0 Å². The second-order valence-corrected chi connectivity index (χ2v) is 10.5. The van der Waals surface area contributed by atoms with E-state index in [0.29, 0.717) is 18.3 Å². The molecule has 1 N–H and O–H groups in total. The quantitative estimate of drug-likeness (QED) is 0.714. The Balaban J connectivity index is 1.37. The predicted molar refractivity (Wildman–Crippen MR) is 113 cm³/mol. The molecule has 1 aromatic rings. The van der Waals surface area contributed by atoms with Gasteiger partial charge in [-0.1, -0.05) is 25.5 Å². The number of β-amino-alcohol motifs (C(OH)–C–C–N with tert-alkyl or cyclic N) is 1. The van der Waals surface area contributed by atoms with Crippen molar-refractivity contribution >= 4 is 5.91 Å². The van der Waals surface area contributed by atoms with Crippen LogP contribution < -0.4 is 4.74 Å². The van der Waals surface area contributed by atoms with E-state index >= 15 is 4.39 Å². The number of halogens is 1. The highest BCUT2D eigenvalue weighted by molar-refractivity contribution is 5.95. The van der Waals surface area contributed by atoms with Gasteiger partial charge in [0.05, 0.1) is 18.3 Å². The molecule has 0 bridgehead atoms. The zero-order chi connectivity index (χ0) is 21.2. The molecule has 1 heterocycles. The number of likely N-dealkylation sites (tertiary alicyclic amines) is 1. The molecular formula is C25H32FNO3. The van der Waals surface area contributed by atoms with Crippen LogP contribution in [0.5, 0.6) is 5.75 Å². The van der Waals surface area contributed by atoms with E-state index < -0.39 is 11.9 Å². The van der Waals surface area contributed by atoms with Crippen molar-refractivity contribution in [2.24, 2.45) is 17.3 Å². The zero-order valence-corrected chi connectivity index (χ0v) is 18.2. The molecule has 1 amide bonds. The van der Waals surface area contributed by atoms with Crippen molar-refractivity contribution in [3.8, 4) is 5.75 Å². The molecule has 3 fully saturated rings. The standard InChI is InChI=1S/C25H32FNO3/c1-14-15(2)27(12-22(14)28)24(29)20-9-19(16-4-5-16)23(10-21(20)26)30-13-25(3)7-6-17-8-18(17)11-25/h6,9-10,14-16,18,22,28H,4-5,7-8,11-13H2,1-3H3/t14-,15-,18?,22-,25?/m1/s1. The van der Waals surface area contributed by atoms with Crippen LogP contribution in [0.15, 0.2) is 23.8 Å². The number of fused-ring (bicyclic) bond motifs is 1. The van der Waals surface area contributed by atoms with Crippen LogP contribution in [-0.4, -0.2) is 41.2 Å². The average molecular weight is 414 g/mol. The summed E-state index contributed by atoms with van der Waals surface area (Å²) in [6, 6.07) is 3.03. The summed E-state index contributed by atoms with van der Waals surface area (Å²) in [6.45, 7) is 6.93. The van der Waals surface area contributed by atoms with E-state index in [4.69, 9.17) is 4.74 Å². The number of benzene rings is 1. The number of hydrogen-bond acceptors (Lipinski definition) is 3. The van der Waals surface area contributed by atoms with E-state index in [1.807, 2.05) is 13.8 Å². The van der Waals surface area contributed by atoms with Gasteiger partial charge in [0.2, 0.25) is 0 Å². The van der Waals surface area contributed by atoms with Gasteiger partial charge in [-0.05, 0) is 62.5 Å². The van der Waals surface area contributed by atoms with E-state index in [0.717, 1.165) is 37.2 Å². The minimum Gasteiger partial charge on any atom is -0.493 e. The van der Waals surface area contributed by atoms with Gasteiger partial charge in [-0.25, -0.2) is 4.39 Å². The molecular weight excluding hydrogens is 381 g/mol. The number of carbonyl (C=O) groups is 1. The molecule has 0 aromatic heterocycles. The Bertz CT molecular complexity index is 908. The maximum atomic E-state index is 15.1. The number of allylic oxidation sites excluding steroid dienone is 2. The molecule has 2 unspecified atom stereocenters. The third-order valence-electron chi connectivity index (χ3n) is 7.87. The van der Waals surface area contributed by atoms with Crippen LogP contribution in [-0.2, 0) is 0 Å². The SMILES string of the molecule is C[C@H]1[C@H](O)CN(C(=O)c2cc(C3CC3)c(OCC3(C)CC=C4CC4C3)cc2F)[C@@H]1C. The van der Waals surface area contributed by atoms with Crippen molar-refractivity contribution in [3.05, 3.63) is 40.7 Å². The number of aliphatic hydroxyl groups is 1. The predicted octanol–water partition coefficient (Wildman–Crippen LogP) is 4.67. The van der Waals surface area contributed by atoms with Gasteiger partial charge in [-0.3, -0.25) is 4.79 Å². The maximum absolute atomic E-state index is 15.1. The molecule has 162 valence electrons. The van der Waals surface area contributed by atoms with Crippen molar-refractivity contribution in [2.45, 2.75) is 70.9 Å². The largest absolute Gasteiger partial charge is 0.493 e. The summed E-state index contributed by atoms with van der Waals surface area (Å²) in [4.78, 5) is 14.7. The summed E-state index contributed by atoms with van der Waals surface area (Å²) >= 11 is 0. The van der Waals surface area contributed by atoms with Gasteiger partial charge in [-0.15, -0.1) is 0 Å². The van der Waals surface area contributed by atoms with E-state index in [1.54, 1.807) is 16.5 Å². The normalized spacial score (nSPS) is 35.1. The highest BCUT2D eigenvalue weighted by atomic mass is 19.1. The molecule has 0 radical (unpaired) electrons. The van der Waals surface area contributed by atoms with Crippen LogP contribution in [0.2, 0.25) is 0 Å². The fourth-order valence-corrected chi connectivity index (χ4v) is 5.24. The van der Waals surface area contributed by atoms with E-state index in [9.17, 15) is 9.90 Å². The Kier molecular flexibility index (Phi) is 4.73. The van der Waals surface area contributed by atoms with Gasteiger partial charge >= 0.3 is 0 Å². The number of aliphatic hydroxyl groups excluding tert-OH is 1. The smallest absolute Gasteiger partial charge is 0.257 e. The van der Waals surface area contributed by atoms with Crippen molar-refractivity contribution < 1.29 is 19.0 Å². The molecule has 5 atom stereocenters. The average Bonchev–Trinajstić information content (AvgIpc) is 3.62. The second kappa shape index (κ2) is 7.08. The Morgan fingerprint density at radius 2 is 2.07 bits per heavy atom. The number of ether oxygens (including phenoxy) is 1. The highest BCUT2D eigenvalue weighted by Gasteiger charge is 2.42. The van der Waals surface area contributed by atoms with Crippen molar-refractivity contribution in [2.75, 3.05) is 13.2 Å². The number of nitrogens with zero attached hydrogens (tertiary/aromatic N) is 1. The van der Waals surface area contributed by atoms with Crippen LogP contribution in [0, 0.1) is 23.1 Å². The fraction of sp³-hybridized carbons (Fsp3) is 0.640. The highest BCUT2D eigenvalue weighted by Crippen LogP contribution is 2.52. The lowest BCUT2D eigenvalue weighted by Gasteiger charge is -2.31. The van der Waals surface area contributed by atoms with Crippen LogP contribution >= 0.6 is 0 Å². The summed E-state index contributed by atoms with van der Waals surface area (Å²) < 4.78 is 21.3. The lowest BCUT2D eigenvalue weighted by Crippen LogP contribution is -2.36. The first-order valence-electron chi connectivity index (χ1n) is 11.4. The molecule has 4 aliphatic rings. The summed E-state index contributed by atoms with van der Waals surface area (Å²) in [7, 11) is 0. The van der Waals surface area contributed by atoms with E-state index in [2.05, 4.69) is 13.0 Å². The molecule has 5 rings (SSSR count). The summed E-state index contributed by atoms with van der Waals surface area (Å²) in [5.74, 6) is 0.802. The maximum Gasteiger partial charge on any atom is 0.257 e.